The first-order valence-electron chi connectivity index (χ1n) is 29.4. The van der Waals surface area contributed by atoms with Gasteiger partial charge in [0.2, 0.25) is 0 Å². The van der Waals surface area contributed by atoms with Crippen LogP contribution in [0.4, 0.5) is 0 Å². The van der Waals surface area contributed by atoms with Crippen LogP contribution in [0.25, 0.3) is 0 Å². The standard InChI is InChI=1S/C65H120O8Si4/c1-30-31-33-49(4)60(69-46-54-38-41-55(68-21)42-39-54)53(8)57(71-75(24,25)63(12,13)14)43-36-47(2)44-52(7)59(73-77(28,29)65(18,19)20)50(5)37-40-56(70-74(22,23)62(9,10)11)45-58(72-76(26,27)64(15,16)17)48(3)34-32-35-51(6)61(66)67/h30-35,37-42,47-50,52-53,56-60H,1,36,43-46H2,2-29H3,(H,66,67)/t47-,48+,49-,50-,52-,53-,56+,57+,58-,59-,60-/m0/s1. The van der Waals surface area contributed by atoms with Crippen molar-refractivity contribution in [2.24, 2.45) is 35.5 Å². The number of ether oxygens (including phenoxy) is 2. The van der Waals surface area contributed by atoms with Crippen LogP contribution in [0.15, 0.2) is 85.0 Å². The summed E-state index contributed by atoms with van der Waals surface area (Å²) in [5.74, 6) is 1.03. The van der Waals surface area contributed by atoms with E-state index in [9.17, 15) is 9.90 Å². The molecule has 8 nitrogen and oxygen atoms in total. The van der Waals surface area contributed by atoms with Crippen LogP contribution < -0.4 is 4.74 Å². The van der Waals surface area contributed by atoms with Crippen molar-refractivity contribution < 1.29 is 37.1 Å². The quantitative estimate of drug-likeness (QED) is 0.0330. The molecule has 11 atom stereocenters. The Balaban J connectivity index is 3.85. The van der Waals surface area contributed by atoms with Gasteiger partial charge in [-0.05, 0) is 140 Å². The number of benzene rings is 1. The highest BCUT2D eigenvalue weighted by molar-refractivity contribution is 6.75. The molecule has 0 fully saturated rings. The number of carbonyl (C=O) groups is 1. The average Bonchev–Trinajstić information content (AvgIpc) is 3.28. The maximum atomic E-state index is 11.7. The largest absolute Gasteiger partial charge is 0.497 e. The lowest BCUT2D eigenvalue weighted by molar-refractivity contribution is -0.132. The van der Waals surface area contributed by atoms with Crippen LogP contribution in [-0.2, 0) is 33.8 Å². The molecule has 0 heterocycles. The molecule has 0 aliphatic rings. The first kappa shape index (κ1) is 72.9. The Labute approximate surface area is 479 Å². The summed E-state index contributed by atoms with van der Waals surface area (Å²) in [7, 11) is -7.19. The van der Waals surface area contributed by atoms with E-state index < -0.39 is 39.2 Å². The summed E-state index contributed by atoms with van der Waals surface area (Å²) < 4.78 is 42.2. The summed E-state index contributed by atoms with van der Waals surface area (Å²) in [4.78, 5) is 11.7. The van der Waals surface area contributed by atoms with Gasteiger partial charge in [0.05, 0.1) is 44.2 Å². The Hall–Kier alpha value is -2.14. The van der Waals surface area contributed by atoms with E-state index in [4.69, 9.17) is 27.2 Å². The summed E-state index contributed by atoms with van der Waals surface area (Å²) >= 11 is 0. The zero-order chi connectivity index (χ0) is 59.9. The van der Waals surface area contributed by atoms with Gasteiger partial charge in [0.1, 0.15) is 5.75 Å². The molecule has 1 rings (SSSR count). The van der Waals surface area contributed by atoms with Crippen molar-refractivity contribution in [2.45, 2.75) is 267 Å². The van der Waals surface area contributed by atoms with Crippen LogP contribution in [0.5, 0.6) is 5.75 Å². The Morgan fingerprint density at radius 3 is 1.51 bits per heavy atom. The molecule has 0 bridgehead atoms. The molecule has 1 aromatic carbocycles. The van der Waals surface area contributed by atoms with Gasteiger partial charge < -0.3 is 32.3 Å². The topological polar surface area (TPSA) is 92.7 Å². The minimum atomic E-state index is -2.26. The van der Waals surface area contributed by atoms with Gasteiger partial charge in [0.15, 0.2) is 33.3 Å². The molecule has 1 N–H and O–H groups in total. The lowest BCUT2D eigenvalue weighted by Crippen LogP contribution is -2.48. The van der Waals surface area contributed by atoms with Crippen LogP contribution in [0.2, 0.25) is 72.5 Å². The third kappa shape index (κ3) is 23.7. The molecule has 0 spiro atoms. The van der Waals surface area contributed by atoms with Crippen molar-refractivity contribution in [3.05, 3.63) is 90.6 Å². The van der Waals surface area contributed by atoms with Crippen LogP contribution in [0, 0.1) is 35.5 Å². The van der Waals surface area contributed by atoms with Crippen LogP contribution in [0.3, 0.4) is 0 Å². The lowest BCUT2D eigenvalue weighted by atomic mass is 9.82. The van der Waals surface area contributed by atoms with E-state index in [0.717, 1.165) is 30.6 Å². The normalized spacial score (nSPS) is 18.7. The van der Waals surface area contributed by atoms with Crippen molar-refractivity contribution in [3.8, 4) is 5.75 Å². The third-order valence-electron chi connectivity index (χ3n) is 18.3. The van der Waals surface area contributed by atoms with E-state index in [1.165, 1.54) is 0 Å². The van der Waals surface area contributed by atoms with Crippen molar-refractivity contribution in [1.82, 2.24) is 0 Å². The number of methoxy groups -OCH3 is 1. The smallest absolute Gasteiger partial charge is 0.331 e. The Bertz CT molecular complexity index is 2040. The Morgan fingerprint density at radius 1 is 0.584 bits per heavy atom. The number of allylic oxidation sites excluding steroid dienone is 4. The highest BCUT2D eigenvalue weighted by Crippen LogP contribution is 2.44. The molecule has 0 aromatic heterocycles. The van der Waals surface area contributed by atoms with E-state index >= 15 is 0 Å². The third-order valence-corrected chi connectivity index (χ3v) is 36.3. The Morgan fingerprint density at radius 2 is 1.04 bits per heavy atom. The van der Waals surface area contributed by atoms with E-state index in [1.807, 2.05) is 30.4 Å². The van der Waals surface area contributed by atoms with Crippen molar-refractivity contribution in [3.63, 3.8) is 0 Å². The summed E-state index contributed by atoms with van der Waals surface area (Å²) in [5, 5.41) is 9.68. The molecular formula is C65H120O8Si4. The molecular weight excluding hydrogens is 1020 g/mol. The van der Waals surface area contributed by atoms with Crippen LogP contribution in [-0.4, -0.2) is 82.0 Å². The van der Waals surface area contributed by atoms with E-state index in [0.29, 0.717) is 24.5 Å². The summed E-state index contributed by atoms with van der Waals surface area (Å²) in [6.45, 7) is 66.8. The fourth-order valence-corrected chi connectivity index (χ4v) is 14.3. The molecule has 0 aliphatic carbocycles. The SMILES string of the molecule is C=CC=C[C@H](C)[C@H](OCc1ccc(OC)cc1)[C@@H](C)[C@@H](CC[C@H](C)C[C@H](C)[C@@H](O[Si](C)(C)C(C)(C)C)[C@@H](C)C=C[C@H](C[C@H](O[Si](C)(C)C(C)(C)C)[C@H](C)C=CC=C(C)C(=O)O)O[Si](C)(C)C(C)(C)C)O[Si](C)(C)C(C)(C)C. The first-order chi connectivity index (χ1) is 34.8. The first-order valence-corrected chi connectivity index (χ1v) is 41.0. The molecule has 0 unspecified atom stereocenters. The van der Waals surface area contributed by atoms with E-state index in [1.54, 1.807) is 20.1 Å². The van der Waals surface area contributed by atoms with Crippen molar-refractivity contribution in [1.29, 1.82) is 0 Å². The van der Waals surface area contributed by atoms with Crippen molar-refractivity contribution in [2.75, 3.05) is 7.11 Å². The van der Waals surface area contributed by atoms with Gasteiger partial charge in [0.25, 0.3) is 0 Å². The zero-order valence-corrected chi connectivity index (χ0v) is 58.8. The van der Waals surface area contributed by atoms with Gasteiger partial charge in [-0.3, -0.25) is 0 Å². The Kier molecular flexibility index (Phi) is 28.6. The predicted octanol–water partition coefficient (Wildman–Crippen LogP) is 19.4. The van der Waals surface area contributed by atoms with E-state index in [-0.39, 0.29) is 80.3 Å². The van der Waals surface area contributed by atoms with Gasteiger partial charge >= 0.3 is 5.97 Å². The van der Waals surface area contributed by atoms with Gasteiger partial charge in [-0.2, -0.15) is 0 Å². The van der Waals surface area contributed by atoms with Crippen molar-refractivity contribution >= 4 is 39.2 Å². The van der Waals surface area contributed by atoms with Crippen LogP contribution >= 0.6 is 0 Å². The minimum absolute atomic E-state index is 0.0000519. The zero-order valence-electron chi connectivity index (χ0n) is 54.8. The molecule has 0 saturated heterocycles. The molecule has 77 heavy (non-hydrogen) atoms. The van der Waals surface area contributed by atoms with Gasteiger partial charge in [-0.15, -0.1) is 0 Å². The number of aliphatic carboxylic acids is 1. The monoisotopic (exact) mass is 1140 g/mol. The second-order valence-electron chi connectivity index (χ2n) is 29.3. The average molecular weight is 1140 g/mol. The molecule has 0 amide bonds. The summed E-state index contributed by atoms with van der Waals surface area (Å²) in [6, 6.07) is 8.18. The highest BCUT2D eigenvalue weighted by atomic mass is 28.4. The van der Waals surface area contributed by atoms with Crippen LogP contribution in [0.1, 0.15) is 163 Å². The molecule has 0 saturated carbocycles. The maximum absolute atomic E-state index is 11.7. The second-order valence-corrected chi connectivity index (χ2v) is 48.4. The lowest BCUT2D eigenvalue weighted by Gasteiger charge is -2.44. The fraction of sp³-hybridized carbons (Fsp3) is 0.738. The molecule has 0 aliphatic heterocycles. The minimum Gasteiger partial charge on any atom is -0.497 e. The number of hydrogen-bond donors (Lipinski definition) is 1. The number of rotatable bonds is 32. The highest BCUT2D eigenvalue weighted by Gasteiger charge is 2.45. The maximum Gasteiger partial charge on any atom is 0.331 e. The van der Waals surface area contributed by atoms with Gasteiger partial charge in [-0.1, -0.05) is 192 Å². The van der Waals surface area contributed by atoms with Gasteiger partial charge in [-0.25, -0.2) is 4.79 Å². The number of carboxylic acids is 1. The summed E-state index contributed by atoms with van der Waals surface area (Å²) in [6.07, 6.45) is 19.8. The number of hydrogen-bond acceptors (Lipinski definition) is 7. The van der Waals surface area contributed by atoms with E-state index in [2.05, 4.69) is 220 Å². The fourth-order valence-electron chi connectivity index (χ4n) is 8.70. The molecule has 12 heteroatoms. The summed E-state index contributed by atoms with van der Waals surface area (Å²) in [5.41, 5.74) is 1.42. The molecule has 1 aromatic rings. The predicted molar refractivity (Wildman–Crippen MR) is 342 cm³/mol. The molecule has 444 valence electrons. The number of carboxylic acid groups (broad SMARTS) is 1. The molecule has 0 radical (unpaired) electrons. The van der Waals surface area contributed by atoms with Gasteiger partial charge in [0, 0.05) is 23.8 Å². The second kappa shape index (κ2) is 30.2.